The molecule has 24 heavy (non-hydrogen) atoms. The van der Waals surface area contributed by atoms with Gasteiger partial charge in [-0.3, -0.25) is 0 Å². The molecule has 1 aromatic heterocycles. The van der Waals surface area contributed by atoms with Crippen LogP contribution in [0.2, 0.25) is 0 Å². The van der Waals surface area contributed by atoms with Crippen LogP contribution in [-0.2, 0) is 11.3 Å². The van der Waals surface area contributed by atoms with Gasteiger partial charge in [-0.15, -0.1) is 0 Å². The summed E-state index contributed by atoms with van der Waals surface area (Å²) in [6, 6.07) is 6.78. The number of methoxy groups -OCH3 is 3. The van der Waals surface area contributed by atoms with Crippen LogP contribution in [0.4, 0.5) is 10.5 Å². The van der Waals surface area contributed by atoms with E-state index in [1.54, 1.807) is 57.0 Å². The highest BCUT2D eigenvalue weighted by atomic mass is 16.5. The molecule has 1 N–H and O–H groups in total. The second kappa shape index (κ2) is 8.83. The number of nitrogens with one attached hydrogen (secondary N) is 1. The predicted octanol–water partition coefficient (Wildman–Crippen LogP) is 2.98. The van der Waals surface area contributed by atoms with Crippen molar-refractivity contribution in [2.75, 3.05) is 39.8 Å². The number of anilines is 1. The summed E-state index contributed by atoms with van der Waals surface area (Å²) in [6.45, 7) is 1.31. The molecule has 0 saturated heterocycles. The molecule has 1 heterocycles. The van der Waals surface area contributed by atoms with Gasteiger partial charge in [-0.2, -0.15) is 0 Å². The number of benzene rings is 1. The van der Waals surface area contributed by atoms with E-state index in [4.69, 9.17) is 18.6 Å². The number of rotatable bonds is 8. The third kappa shape index (κ3) is 4.66. The Bertz CT molecular complexity index is 642. The number of amides is 2. The zero-order valence-corrected chi connectivity index (χ0v) is 14.1. The number of furan rings is 1. The number of carbonyl (C=O) groups excluding carboxylic acids is 1. The van der Waals surface area contributed by atoms with E-state index in [0.717, 1.165) is 5.56 Å². The predicted molar refractivity (Wildman–Crippen MR) is 89.6 cm³/mol. The molecule has 0 atom stereocenters. The Kier molecular flexibility index (Phi) is 6.51. The first-order valence-electron chi connectivity index (χ1n) is 7.46. The number of urea groups is 1. The molecule has 0 fully saturated rings. The smallest absolute Gasteiger partial charge is 0.322 e. The molecule has 7 nitrogen and oxygen atoms in total. The molecule has 1 aromatic carbocycles. The summed E-state index contributed by atoms with van der Waals surface area (Å²) in [4.78, 5) is 14.2. The van der Waals surface area contributed by atoms with Crippen molar-refractivity contribution in [3.05, 3.63) is 42.4 Å². The lowest BCUT2D eigenvalue weighted by atomic mass is 10.2. The van der Waals surface area contributed by atoms with Crippen LogP contribution < -0.4 is 14.8 Å². The Labute approximate surface area is 141 Å². The van der Waals surface area contributed by atoms with Gasteiger partial charge in [0.05, 0.1) is 45.6 Å². The molecule has 130 valence electrons. The maximum atomic E-state index is 12.6. The highest BCUT2D eigenvalue weighted by Crippen LogP contribution is 2.29. The Morgan fingerprint density at radius 1 is 1.21 bits per heavy atom. The second-order valence-electron chi connectivity index (χ2n) is 5.04. The van der Waals surface area contributed by atoms with Crippen LogP contribution in [0, 0.1) is 0 Å². The Balaban J connectivity index is 2.11. The molecule has 0 aliphatic carbocycles. The van der Waals surface area contributed by atoms with E-state index in [1.165, 1.54) is 0 Å². The number of nitrogens with zero attached hydrogens (tertiary/aromatic N) is 1. The van der Waals surface area contributed by atoms with Gasteiger partial charge in [0.2, 0.25) is 0 Å². The maximum absolute atomic E-state index is 12.6. The van der Waals surface area contributed by atoms with Gasteiger partial charge in [0, 0.05) is 25.3 Å². The first kappa shape index (κ1) is 17.7. The molecule has 0 unspecified atom stereocenters. The van der Waals surface area contributed by atoms with Crippen LogP contribution in [0.3, 0.4) is 0 Å². The minimum atomic E-state index is -0.253. The van der Waals surface area contributed by atoms with E-state index >= 15 is 0 Å². The first-order valence-corrected chi connectivity index (χ1v) is 7.46. The average Bonchev–Trinajstić information content (AvgIpc) is 3.11. The Morgan fingerprint density at radius 2 is 2.04 bits per heavy atom. The number of hydrogen-bond donors (Lipinski definition) is 1. The van der Waals surface area contributed by atoms with Gasteiger partial charge >= 0.3 is 6.03 Å². The minimum Gasteiger partial charge on any atom is -0.497 e. The number of carbonyl (C=O) groups is 1. The SMILES string of the molecule is COCCN(Cc1ccoc1)C(=O)Nc1ccc(OC)cc1OC. The van der Waals surface area contributed by atoms with Gasteiger partial charge in [0.1, 0.15) is 11.5 Å². The van der Waals surface area contributed by atoms with Crippen molar-refractivity contribution in [2.45, 2.75) is 6.54 Å². The molecule has 0 bridgehead atoms. The molecule has 0 saturated carbocycles. The third-order valence-electron chi connectivity index (χ3n) is 3.46. The van der Waals surface area contributed by atoms with Gasteiger partial charge in [-0.1, -0.05) is 0 Å². The van der Waals surface area contributed by atoms with E-state index in [0.29, 0.717) is 36.9 Å². The van der Waals surface area contributed by atoms with Gasteiger partial charge in [0.15, 0.2) is 0 Å². The largest absolute Gasteiger partial charge is 0.497 e. The summed E-state index contributed by atoms with van der Waals surface area (Å²) in [5.41, 5.74) is 1.47. The van der Waals surface area contributed by atoms with Crippen molar-refractivity contribution in [2.24, 2.45) is 0 Å². The lowest BCUT2D eigenvalue weighted by Gasteiger charge is -2.23. The maximum Gasteiger partial charge on any atom is 0.322 e. The van der Waals surface area contributed by atoms with Crippen molar-refractivity contribution in [1.29, 1.82) is 0 Å². The van der Waals surface area contributed by atoms with Gasteiger partial charge in [-0.25, -0.2) is 4.79 Å². The zero-order valence-electron chi connectivity index (χ0n) is 14.1. The van der Waals surface area contributed by atoms with Crippen LogP contribution in [0.5, 0.6) is 11.5 Å². The van der Waals surface area contributed by atoms with Crippen LogP contribution in [0.15, 0.2) is 41.2 Å². The number of hydrogen-bond acceptors (Lipinski definition) is 5. The summed E-state index contributed by atoms with van der Waals surface area (Å²) in [5, 5.41) is 2.85. The average molecular weight is 334 g/mol. The van der Waals surface area contributed by atoms with Gasteiger partial charge in [0.25, 0.3) is 0 Å². The highest BCUT2D eigenvalue weighted by molar-refractivity contribution is 5.91. The van der Waals surface area contributed by atoms with E-state index in [2.05, 4.69) is 5.32 Å². The molecule has 2 rings (SSSR count). The van der Waals surface area contributed by atoms with Crippen LogP contribution in [-0.4, -0.2) is 45.4 Å². The van der Waals surface area contributed by atoms with Crippen molar-refractivity contribution in [3.63, 3.8) is 0 Å². The molecule has 2 amide bonds. The molecule has 0 aliphatic rings. The van der Waals surface area contributed by atoms with Gasteiger partial charge in [-0.05, 0) is 18.2 Å². The molecule has 7 heteroatoms. The summed E-state index contributed by atoms with van der Waals surface area (Å²) in [6.07, 6.45) is 3.19. The van der Waals surface area contributed by atoms with Crippen LogP contribution in [0.25, 0.3) is 0 Å². The normalized spacial score (nSPS) is 10.3. The van der Waals surface area contributed by atoms with Crippen LogP contribution in [0.1, 0.15) is 5.56 Å². The van der Waals surface area contributed by atoms with Crippen molar-refractivity contribution < 1.29 is 23.4 Å². The third-order valence-corrected chi connectivity index (χ3v) is 3.46. The molecule has 0 spiro atoms. The molecular weight excluding hydrogens is 312 g/mol. The van der Waals surface area contributed by atoms with E-state index in [-0.39, 0.29) is 6.03 Å². The van der Waals surface area contributed by atoms with Crippen molar-refractivity contribution in [1.82, 2.24) is 4.90 Å². The van der Waals surface area contributed by atoms with Crippen molar-refractivity contribution in [3.8, 4) is 11.5 Å². The minimum absolute atomic E-state index is 0.253. The fourth-order valence-electron chi connectivity index (χ4n) is 2.15. The number of ether oxygens (including phenoxy) is 3. The van der Waals surface area contributed by atoms with E-state index < -0.39 is 0 Å². The van der Waals surface area contributed by atoms with Crippen molar-refractivity contribution >= 4 is 11.7 Å². The topological polar surface area (TPSA) is 73.2 Å². The quantitative estimate of drug-likeness (QED) is 0.803. The first-order chi connectivity index (χ1) is 11.7. The fourth-order valence-corrected chi connectivity index (χ4v) is 2.15. The fraction of sp³-hybridized carbons (Fsp3) is 0.353. The summed E-state index contributed by atoms with van der Waals surface area (Å²) < 4.78 is 20.6. The standard InChI is InChI=1S/C17H22N2O5/c1-21-9-7-19(11-13-6-8-24-12-13)17(20)18-15-5-4-14(22-2)10-16(15)23-3/h4-6,8,10,12H,7,9,11H2,1-3H3,(H,18,20). The summed E-state index contributed by atoms with van der Waals surface area (Å²) in [7, 11) is 4.71. The van der Waals surface area contributed by atoms with Crippen LogP contribution >= 0.6 is 0 Å². The second-order valence-corrected chi connectivity index (χ2v) is 5.04. The summed E-state index contributed by atoms with van der Waals surface area (Å²) >= 11 is 0. The Morgan fingerprint density at radius 3 is 2.67 bits per heavy atom. The Hall–Kier alpha value is -2.67. The lowest BCUT2D eigenvalue weighted by Crippen LogP contribution is -2.36. The van der Waals surface area contributed by atoms with E-state index in [1.807, 2.05) is 6.07 Å². The highest BCUT2D eigenvalue weighted by Gasteiger charge is 2.16. The zero-order chi connectivity index (χ0) is 17.4. The lowest BCUT2D eigenvalue weighted by molar-refractivity contribution is 0.152. The summed E-state index contributed by atoms with van der Waals surface area (Å²) in [5.74, 6) is 1.18. The monoisotopic (exact) mass is 334 g/mol. The van der Waals surface area contributed by atoms with Gasteiger partial charge < -0.3 is 28.8 Å². The molecule has 2 aromatic rings. The molecular formula is C17H22N2O5. The molecule has 0 radical (unpaired) electrons. The molecule has 0 aliphatic heterocycles. The van der Waals surface area contributed by atoms with E-state index in [9.17, 15) is 4.79 Å².